The van der Waals surface area contributed by atoms with E-state index in [1.54, 1.807) is 0 Å². The van der Waals surface area contributed by atoms with Crippen LogP contribution in [0.15, 0.2) is 15.7 Å². The number of hydrogen-bond donors (Lipinski definition) is 0. The Morgan fingerprint density at radius 2 is 2.13 bits per heavy atom. The molecule has 0 N–H and O–H groups in total. The molecule has 1 heterocycles. The molecule has 0 atom stereocenters. The summed E-state index contributed by atoms with van der Waals surface area (Å²) in [5.74, 6) is 0.935. The lowest BCUT2D eigenvalue weighted by molar-refractivity contribution is 0.861. The van der Waals surface area contributed by atoms with Gasteiger partial charge in [-0.15, -0.1) is 11.8 Å². The molecule has 1 saturated carbocycles. The maximum atomic E-state index is 4.54. The van der Waals surface area contributed by atoms with E-state index in [2.05, 4.69) is 32.8 Å². The van der Waals surface area contributed by atoms with Gasteiger partial charge in [-0.05, 0) is 28.8 Å². The second-order valence-corrected chi connectivity index (χ2v) is 5.96. The highest BCUT2D eigenvalue weighted by Gasteiger charge is 2.17. The quantitative estimate of drug-likeness (QED) is 0.790. The molecule has 2 nitrogen and oxygen atoms in total. The fourth-order valence-electron chi connectivity index (χ4n) is 1.84. The van der Waals surface area contributed by atoms with E-state index in [1.165, 1.54) is 25.7 Å². The minimum atomic E-state index is 0.775. The molecule has 0 radical (unpaired) electrons. The van der Waals surface area contributed by atoms with Gasteiger partial charge >= 0.3 is 0 Å². The highest BCUT2D eigenvalue weighted by molar-refractivity contribution is 9.10. The molecule has 1 aliphatic rings. The summed E-state index contributed by atoms with van der Waals surface area (Å²) >= 11 is 5.35. The van der Waals surface area contributed by atoms with Crippen molar-refractivity contribution in [3.05, 3.63) is 16.5 Å². The number of thioether (sulfide) groups is 1. The Bertz CT molecular complexity index is 337. The molecule has 0 amide bonds. The number of rotatable bonds is 3. The van der Waals surface area contributed by atoms with Crippen molar-refractivity contribution in [2.24, 2.45) is 0 Å². The molecule has 4 heteroatoms. The molecule has 0 bridgehead atoms. The van der Waals surface area contributed by atoms with Gasteiger partial charge in [0.05, 0.1) is 0 Å². The van der Waals surface area contributed by atoms with E-state index < -0.39 is 0 Å². The molecule has 0 saturated heterocycles. The van der Waals surface area contributed by atoms with Gasteiger partial charge in [0.1, 0.15) is 15.5 Å². The van der Waals surface area contributed by atoms with Crippen molar-refractivity contribution in [2.45, 2.75) is 49.3 Å². The standard InChI is InChI=1S/C11H15BrN2S/c1-2-10-13-9(12)7-11(14-10)15-8-5-3-4-6-8/h7-8H,2-6H2,1H3. The lowest BCUT2D eigenvalue weighted by atomic mass is 10.4. The van der Waals surface area contributed by atoms with Gasteiger partial charge in [-0.2, -0.15) is 0 Å². The number of aromatic nitrogens is 2. The van der Waals surface area contributed by atoms with Gasteiger partial charge < -0.3 is 0 Å². The predicted octanol–water partition coefficient (Wildman–Crippen LogP) is 3.84. The average Bonchev–Trinajstić information content (AvgIpc) is 2.69. The average molecular weight is 287 g/mol. The van der Waals surface area contributed by atoms with Crippen LogP contribution in [0, 0.1) is 0 Å². The van der Waals surface area contributed by atoms with E-state index in [4.69, 9.17) is 0 Å². The largest absolute Gasteiger partial charge is 0.227 e. The second kappa shape index (κ2) is 5.30. The molecule has 1 fully saturated rings. The summed E-state index contributed by atoms with van der Waals surface area (Å²) in [5, 5.41) is 1.90. The van der Waals surface area contributed by atoms with E-state index >= 15 is 0 Å². The van der Waals surface area contributed by atoms with E-state index in [1.807, 2.05) is 17.8 Å². The third kappa shape index (κ3) is 3.18. The Kier molecular flexibility index (Phi) is 4.03. The molecule has 1 aliphatic carbocycles. The fraction of sp³-hybridized carbons (Fsp3) is 0.636. The van der Waals surface area contributed by atoms with Crippen LogP contribution in [-0.4, -0.2) is 15.2 Å². The van der Waals surface area contributed by atoms with Crippen molar-refractivity contribution in [1.82, 2.24) is 9.97 Å². The summed E-state index contributed by atoms with van der Waals surface area (Å²) in [7, 11) is 0. The summed E-state index contributed by atoms with van der Waals surface area (Å²) in [6.45, 7) is 2.09. The number of halogens is 1. The topological polar surface area (TPSA) is 25.8 Å². The molecule has 82 valence electrons. The maximum absolute atomic E-state index is 4.54. The zero-order chi connectivity index (χ0) is 10.7. The molecule has 0 unspecified atom stereocenters. The Hall–Kier alpha value is -0.0900. The smallest absolute Gasteiger partial charge is 0.130 e. The van der Waals surface area contributed by atoms with Crippen LogP contribution in [0.4, 0.5) is 0 Å². The molecule has 2 rings (SSSR count). The predicted molar refractivity (Wildman–Crippen MR) is 67.2 cm³/mol. The summed E-state index contributed by atoms with van der Waals surface area (Å²) in [6.07, 6.45) is 6.34. The Morgan fingerprint density at radius 1 is 1.40 bits per heavy atom. The fourth-order valence-corrected chi connectivity index (χ4v) is 3.66. The zero-order valence-electron chi connectivity index (χ0n) is 8.87. The van der Waals surface area contributed by atoms with Gasteiger partial charge in [-0.3, -0.25) is 0 Å². The van der Waals surface area contributed by atoms with Gasteiger partial charge in [-0.25, -0.2) is 9.97 Å². The summed E-state index contributed by atoms with van der Waals surface area (Å²) in [6, 6.07) is 2.03. The Morgan fingerprint density at radius 3 is 2.80 bits per heavy atom. The van der Waals surface area contributed by atoms with E-state index in [9.17, 15) is 0 Å². The van der Waals surface area contributed by atoms with Crippen molar-refractivity contribution in [1.29, 1.82) is 0 Å². The third-order valence-corrected chi connectivity index (χ3v) is 4.29. The molecular formula is C11H15BrN2S. The first-order chi connectivity index (χ1) is 7.28. The van der Waals surface area contributed by atoms with Crippen LogP contribution >= 0.6 is 27.7 Å². The zero-order valence-corrected chi connectivity index (χ0v) is 11.3. The van der Waals surface area contributed by atoms with Gasteiger partial charge in [-0.1, -0.05) is 19.8 Å². The van der Waals surface area contributed by atoms with Gasteiger partial charge in [0, 0.05) is 17.7 Å². The van der Waals surface area contributed by atoms with E-state index in [-0.39, 0.29) is 0 Å². The monoisotopic (exact) mass is 286 g/mol. The summed E-state index contributed by atoms with van der Waals surface area (Å²) in [5.41, 5.74) is 0. The Balaban J connectivity index is 2.09. The lowest BCUT2D eigenvalue weighted by Gasteiger charge is -2.08. The molecule has 0 spiro atoms. The summed E-state index contributed by atoms with van der Waals surface area (Å²) in [4.78, 5) is 8.86. The number of nitrogens with zero attached hydrogens (tertiary/aromatic N) is 2. The first kappa shape index (κ1) is 11.4. The SMILES string of the molecule is CCc1nc(Br)cc(SC2CCCC2)n1. The molecular weight excluding hydrogens is 272 g/mol. The lowest BCUT2D eigenvalue weighted by Crippen LogP contribution is -1.99. The van der Waals surface area contributed by atoms with E-state index in [0.29, 0.717) is 0 Å². The molecule has 1 aromatic heterocycles. The minimum absolute atomic E-state index is 0.775. The maximum Gasteiger partial charge on any atom is 0.130 e. The van der Waals surface area contributed by atoms with Crippen LogP contribution in [0.1, 0.15) is 38.4 Å². The Labute approximate surface area is 103 Å². The van der Waals surface area contributed by atoms with Crippen LogP contribution in [0.5, 0.6) is 0 Å². The van der Waals surface area contributed by atoms with Crippen LogP contribution in [0.2, 0.25) is 0 Å². The highest BCUT2D eigenvalue weighted by atomic mass is 79.9. The van der Waals surface area contributed by atoms with Gasteiger partial charge in [0.15, 0.2) is 0 Å². The number of aryl methyl sites for hydroxylation is 1. The third-order valence-electron chi connectivity index (χ3n) is 2.62. The van der Waals surface area contributed by atoms with Crippen molar-refractivity contribution >= 4 is 27.7 Å². The first-order valence-electron chi connectivity index (χ1n) is 5.48. The van der Waals surface area contributed by atoms with Crippen molar-refractivity contribution < 1.29 is 0 Å². The van der Waals surface area contributed by atoms with Crippen LogP contribution in [0.25, 0.3) is 0 Å². The van der Waals surface area contributed by atoms with E-state index in [0.717, 1.165) is 27.1 Å². The van der Waals surface area contributed by atoms with Crippen LogP contribution in [0.3, 0.4) is 0 Å². The van der Waals surface area contributed by atoms with Gasteiger partial charge in [0.25, 0.3) is 0 Å². The summed E-state index contributed by atoms with van der Waals surface area (Å²) < 4.78 is 0.912. The normalized spacial score (nSPS) is 17.2. The first-order valence-corrected chi connectivity index (χ1v) is 7.15. The number of hydrogen-bond acceptors (Lipinski definition) is 3. The van der Waals surface area contributed by atoms with Gasteiger partial charge in [0.2, 0.25) is 0 Å². The molecule has 0 aliphatic heterocycles. The van der Waals surface area contributed by atoms with Crippen LogP contribution < -0.4 is 0 Å². The van der Waals surface area contributed by atoms with Crippen LogP contribution in [-0.2, 0) is 6.42 Å². The minimum Gasteiger partial charge on any atom is -0.227 e. The second-order valence-electron chi connectivity index (χ2n) is 3.82. The van der Waals surface area contributed by atoms with Crippen molar-refractivity contribution in [2.75, 3.05) is 0 Å². The highest BCUT2D eigenvalue weighted by Crippen LogP contribution is 2.34. The van der Waals surface area contributed by atoms with Crippen molar-refractivity contribution in [3.8, 4) is 0 Å². The molecule has 0 aromatic carbocycles. The molecule has 15 heavy (non-hydrogen) atoms. The molecule has 1 aromatic rings. The van der Waals surface area contributed by atoms with Crippen molar-refractivity contribution in [3.63, 3.8) is 0 Å².